The molecule has 4 nitrogen and oxygen atoms in total. The molecule has 1 aromatic carbocycles. The second-order valence-corrected chi connectivity index (χ2v) is 5.79. The maximum atomic E-state index is 13.7. The number of anilines is 2. The van der Waals surface area contributed by atoms with Gasteiger partial charge in [-0.3, -0.25) is 4.98 Å². The standard InChI is InChI=1S/C12H11FN2O2S/c1-18(16,17)10-2-3-12(11(13)8-10)15-9-4-6-14-7-5-9/h2-8H,1H3,(H,14,15). The Balaban J connectivity index is 2.32. The number of hydrogen-bond donors (Lipinski definition) is 1. The van der Waals surface area contributed by atoms with Gasteiger partial charge in [0.1, 0.15) is 5.82 Å². The van der Waals surface area contributed by atoms with Gasteiger partial charge in [-0.25, -0.2) is 12.8 Å². The fourth-order valence-corrected chi connectivity index (χ4v) is 2.05. The molecule has 0 saturated heterocycles. The highest BCUT2D eigenvalue weighted by Crippen LogP contribution is 2.22. The molecule has 0 aliphatic carbocycles. The zero-order chi connectivity index (χ0) is 13.2. The third-order valence-electron chi connectivity index (χ3n) is 2.33. The van der Waals surface area contributed by atoms with Gasteiger partial charge in [-0.2, -0.15) is 0 Å². The first-order valence-corrected chi connectivity index (χ1v) is 7.02. The summed E-state index contributed by atoms with van der Waals surface area (Å²) in [7, 11) is -3.39. The van der Waals surface area contributed by atoms with E-state index >= 15 is 0 Å². The van der Waals surface area contributed by atoms with Crippen molar-refractivity contribution in [3.05, 3.63) is 48.5 Å². The summed E-state index contributed by atoms with van der Waals surface area (Å²) < 4.78 is 36.2. The van der Waals surface area contributed by atoms with Gasteiger partial charge in [0, 0.05) is 24.3 Å². The lowest BCUT2D eigenvalue weighted by atomic mass is 10.3. The van der Waals surface area contributed by atoms with Crippen molar-refractivity contribution in [1.29, 1.82) is 0 Å². The van der Waals surface area contributed by atoms with Crippen molar-refractivity contribution in [2.24, 2.45) is 0 Å². The molecular weight excluding hydrogens is 255 g/mol. The number of halogens is 1. The minimum atomic E-state index is -3.39. The zero-order valence-electron chi connectivity index (χ0n) is 9.59. The van der Waals surface area contributed by atoms with Gasteiger partial charge in [0.15, 0.2) is 9.84 Å². The van der Waals surface area contributed by atoms with Gasteiger partial charge in [0.2, 0.25) is 0 Å². The summed E-state index contributed by atoms with van der Waals surface area (Å²) in [4.78, 5) is 3.80. The highest BCUT2D eigenvalue weighted by Gasteiger charge is 2.10. The molecule has 0 bridgehead atoms. The van der Waals surface area contributed by atoms with Gasteiger partial charge in [0.25, 0.3) is 0 Å². The third-order valence-corrected chi connectivity index (χ3v) is 3.44. The highest BCUT2D eigenvalue weighted by atomic mass is 32.2. The van der Waals surface area contributed by atoms with Gasteiger partial charge in [-0.15, -0.1) is 0 Å². The average molecular weight is 266 g/mol. The zero-order valence-corrected chi connectivity index (χ0v) is 10.4. The molecular formula is C12H11FN2O2S. The Bertz CT molecular complexity index is 657. The fraction of sp³-hybridized carbons (Fsp3) is 0.0833. The molecule has 94 valence electrons. The molecule has 0 atom stereocenters. The van der Waals surface area contributed by atoms with Crippen LogP contribution in [0.15, 0.2) is 47.6 Å². The lowest BCUT2D eigenvalue weighted by Crippen LogP contribution is -2.00. The number of hydrogen-bond acceptors (Lipinski definition) is 4. The van der Waals surface area contributed by atoms with Crippen LogP contribution in [0.4, 0.5) is 15.8 Å². The molecule has 0 spiro atoms. The molecule has 0 amide bonds. The van der Waals surface area contributed by atoms with Gasteiger partial charge in [0.05, 0.1) is 10.6 Å². The van der Waals surface area contributed by atoms with Crippen molar-refractivity contribution in [3.8, 4) is 0 Å². The summed E-state index contributed by atoms with van der Waals surface area (Å²) >= 11 is 0. The molecule has 0 aliphatic heterocycles. The molecule has 18 heavy (non-hydrogen) atoms. The molecule has 1 heterocycles. The Morgan fingerprint density at radius 3 is 2.39 bits per heavy atom. The molecule has 6 heteroatoms. The van der Waals surface area contributed by atoms with Crippen LogP contribution in [0.2, 0.25) is 0 Å². The predicted octanol–water partition coefficient (Wildman–Crippen LogP) is 2.37. The van der Waals surface area contributed by atoms with Crippen molar-refractivity contribution >= 4 is 21.2 Å². The normalized spacial score (nSPS) is 11.2. The van der Waals surface area contributed by atoms with E-state index in [4.69, 9.17) is 0 Å². The smallest absolute Gasteiger partial charge is 0.175 e. The van der Waals surface area contributed by atoms with Crippen LogP contribution in [0.25, 0.3) is 0 Å². The van der Waals surface area contributed by atoms with Crippen LogP contribution in [0.5, 0.6) is 0 Å². The predicted molar refractivity (Wildman–Crippen MR) is 67.0 cm³/mol. The van der Waals surface area contributed by atoms with E-state index in [1.165, 1.54) is 12.1 Å². The van der Waals surface area contributed by atoms with Crippen molar-refractivity contribution < 1.29 is 12.8 Å². The molecule has 2 rings (SSSR count). The first-order chi connectivity index (χ1) is 8.47. The first-order valence-electron chi connectivity index (χ1n) is 5.13. The number of nitrogens with one attached hydrogen (secondary N) is 1. The molecule has 0 aliphatic rings. The van der Waals surface area contributed by atoms with Crippen LogP contribution >= 0.6 is 0 Å². The molecule has 2 aromatic rings. The van der Waals surface area contributed by atoms with Gasteiger partial charge >= 0.3 is 0 Å². The first kappa shape index (κ1) is 12.5. The number of pyridine rings is 1. The quantitative estimate of drug-likeness (QED) is 0.926. The molecule has 0 unspecified atom stereocenters. The number of benzene rings is 1. The highest BCUT2D eigenvalue weighted by molar-refractivity contribution is 7.90. The van der Waals surface area contributed by atoms with Gasteiger partial charge in [-0.1, -0.05) is 0 Å². The van der Waals surface area contributed by atoms with Crippen molar-refractivity contribution in [2.45, 2.75) is 4.90 Å². The van der Waals surface area contributed by atoms with Gasteiger partial charge in [-0.05, 0) is 30.3 Å². The van der Waals surface area contributed by atoms with E-state index in [1.54, 1.807) is 24.5 Å². The van der Waals surface area contributed by atoms with E-state index in [2.05, 4.69) is 10.3 Å². The van der Waals surface area contributed by atoms with Crippen molar-refractivity contribution in [3.63, 3.8) is 0 Å². The molecule has 0 fully saturated rings. The van der Waals surface area contributed by atoms with Crippen LogP contribution in [0, 0.1) is 5.82 Å². The van der Waals surface area contributed by atoms with E-state index < -0.39 is 15.7 Å². The number of aromatic nitrogens is 1. The Kier molecular flexibility index (Phi) is 3.29. The second-order valence-electron chi connectivity index (χ2n) is 3.77. The number of sulfone groups is 1. The Morgan fingerprint density at radius 1 is 1.17 bits per heavy atom. The van der Waals surface area contributed by atoms with E-state index in [9.17, 15) is 12.8 Å². The van der Waals surface area contributed by atoms with E-state index in [-0.39, 0.29) is 10.6 Å². The fourth-order valence-electron chi connectivity index (χ4n) is 1.42. The Hall–Kier alpha value is -1.95. The molecule has 1 N–H and O–H groups in total. The van der Waals surface area contributed by atoms with Crippen molar-refractivity contribution in [1.82, 2.24) is 4.98 Å². The summed E-state index contributed by atoms with van der Waals surface area (Å²) in [5.41, 5.74) is 0.893. The van der Waals surface area contributed by atoms with Crippen molar-refractivity contribution in [2.75, 3.05) is 11.6 Å². The summed E-state index contributed by atoms with van der Waals surface area (Å²) in [5.74, 6) is -0.616. The number of nitrogens with zero attached hydrogens (tertiary/aromatic N) is 1. The van der Waals surface area contributed by atoms with Crippen LogP contribution in [-0.2, 0) is 9.84 Å². The summed E-state index contributed by atoms with van der Waals surface area (Å²) in [6.07, 6.45) is 4.19. The maximum absolute atomic E-state index is 13.7. The monoisotopic (exact) mass is 266 g/mol. The van der Waals surface area contributed by atoms with Crippen LogP contribution in [-0.4, -0.2) is 19.7 Å². The SMILES string of the molecule is CS(=O)(=O)c1ccc(Nc2ccncc2)c(F)c1. The van der Waals surface area contributed by atoms with E-state index in [0.717, 1.165) is 12.3 Å². The maximum Gasteiger partial charge on any atom is 0.175 e. The molecule has 0 saturated carbocycles. The average Bonchev–Trinajstić information content (AvgIpc) is 2.32. The third kappa shape index (κ3) is 2.84. The van der Waals surface area contributed by atoms with Crippen LogP contribution < -0.4 is 5.32 Å². The van der Waals surface area contributed by atoms with Crippen LogP contribution in [0.3, 0.4) is 0 Å². The lowest BCUT2D eigenvalue weighted by molar-refractivity contribution is 0.596. The molecule has 0 radical (unpaired) electrons. The van der Waals surface area contributed by atoms with Gasteiger partial charge < -0.3 is 5.32 Å². The van der Waals surface area contributed by atoms with Crippen LogP contribution in [0.1, 0.15) is 0 Å². The summed E-state index contributed by atoms with van der Waals surface area (Å²) in [6, 6.07) is 7.13. The molecule has 1 aromatic heterocycles. The lowest BCUT2D eigenvalue weighted by Gasteiger charge is -2.08. The summed E-state index contributed by atoms with van der Waals surface area (Å²) in [6.45, 7) is 0. The minimum absolute atomic E-state index is 0.0414. The Morgan fingerprint density at radius 2 is 1.83 bits per heavy atom. The largest absolute Gasteiger partial charge is 0.353 e. The minimum Gasteiger partial charge on any atom is -0.353 e. The summed E-state index contributed by atoms with van der Waals surface area (Å²) in [5, 5.41) is 2.84. The second kappa shape index (κ2) is 4.73. The topological polar surface area (TPSA) is 59.1 Å². The Labute approximate surface area is 104 Å². The van der Waals surface area contributed by atoms with E-state index in [0.29, 0.717) is 5.69 Å². The number of rotatable bonds is 3. The van der Waals surface area contributed by atoms with E-state index in [1.807, 2.05) is 0 Å².